The first-order valence-electron chi connectivity index (χ1n) is 5.26. The number of hydrogen-bond donors (Lipinski definition) is 3. The smallest absolute Gasteiger partial charge is 0.274 e. The molecule has 5 nitrogen and oxygen atoms in total. The SMILES string of the molecule is O=C(NO)c1ccc2nc(-c3cccs3)[nH]c2c1. The molecule has 3 N–H and O–H groups in total. The van der Waals surface area contributed by atoms with E-state index < -0.39 is 5.91 Å². The first-order chi connectivity index (χ1) is 8.78. The summed E-state index contributed by atoms with van der Waals surface area (Å²) < 4.78 is 0. The third-order valence-electron chi connectivity index (χ3n) is 2.60. The molecule has 1 aromatic carbocycles. The largest absolute Gasteiger partial charge is 0.337 e. The fourth-order valence-corrected chi connectivity index (χ4v) is 2.41. The van der Waals surface area contributed by atoms with E-state index in [1.165, 1.54) is 0 Å². The van der Waals surface area contributed by atoms with Gasteiger partial charge in [-0.1, -0.05) is 6.07 Å². The van der Waals surface area contributed by atoms with Gasteiger partial charge in [-0.2, -0.15) is 0 Å². The van der Waals surface area contributed by atoms with Gasteiger partial charge in [0.05, 0.1) is 15.9 Å². The highest BCUT2D eigenvalue weighted by atomic mass is 32.1. The molecule has 3 aromatic rings. The molecule has 2 aromatic heterocycles. The summed E-state index contributed by atoms with van der Waals surface area (Å²) >= 11 is 1.59. The third kappa shape index (κ3) is 1.77. The second-order valence-corrected chi connectivity index (χ2v) is 4.68. The molecule has 3 rings (SSSR count). The van der Waals surface area contributed by atoms with Gasteiger partial charge in [0.15, 0.2) is 0 Å². The van der Waals surface area contributed by atoms with Gasteiger partial charge < -0.3 is 4.98 Å². The Labute approximate surface area is 106 Å². The lowest BCUT2D eigenvalue weighted by atomic mass is 10.2. The zero-order valence-electron chi connectivity index (χ0n) is 9.18. The highest BCUT2D eigenvalue weighted by molar-refractivity contribution is 7.13. The number of nitrogens with zero attached hydrogens (tertiary/aromatic N) is 1. The van der Waals surface area contributed by atoms with Gasteiger partial charge in [0, 0.05) is 5.56 Å². The van der Waals surface area contributed by atoms with Crippen LogP contribution in [0.4, 0.5) is 0 Å². The molecule has 1 amide bonds. The van der Waals surface area contributed by atoms with Crippen molar-refractivity contribution in [3.63, 3.8) is 0 Å². The normalized spacial score (nSPS) is 10.7. The second-order valence-electron chi connectivity index (χ2n) is 3.74. The van der Waals surface area contributed by atoms with E-state index in [9.17, 15) is 4.79 Å². The van der Waals surface area contributed by atoms with Crippen molar-refractivity contribution in [2.24, 2.45) is 0 Å². The number of benzene rings is 1. The third-order valence-corrected chi connectivity index (χ3v) is 3.48. The second kappa shape index (κ2) is 4.25. The van der Waals surface area contributed by atoms with E-state index in [4.69, 9.17) is 5.21 Å². The standard InChI is InChI=1S/C12H9N3O2S/c16-12(15-17)7-3-4-8-9(6-7)14-11(13-8)10-2-1-5-18-10/h1-6,17H,(H,13,14)(H,15,16). The number of carbonyl (C=O) groups excluding carboxylic acids is 1. The summed E-state index contributed by atoms with van der Waals surface area (Å²) in [7, 11) is 0. The van der Waals surface area contributed by atoms with Gasteiger partial charge >= 0.3 is 0 Å². The van der Waals surface area contributed by atoms with E-state index in [1.54, 1.807) is 35.0 Å². The molecule has 0 bridgehead atoms. The average Bonchev–Trinajstić information content (AvgIpc) is 3.04. The molecule has 18 heavy (non-hydrogen) atoms. The number of carbonyl (C=O) groups is 1. The molecule has 0 saturated heterocycles. The van der Waals surface area contributed by atoms with Crippen molar-refractivity contribution in [2.45, 2.75) is 0 Å². The number of hydroxylamine groups is 1. The monoisotopic (exact) mass is 259 g/mol. The van der Waals surface area contributed by atoms with E-state index in [0.29, 0.717) is 5.56 Å². The number of fused-ring (bicyclic) bond motifs is 1. The van der Waals surface area contributed by atoms with Crippen LogP contribution in [-0.2, 0) is 0 Å². The zero-order valence-corrected chi connectivity index (χ0v) is 9.99. The van der Waals surface area contributed by atoms with Crippen LogP contribution in [0.5, 0.6) is 0 Å². The van der Waals surface area contributed by atoms with Gasteiger partial charge in [0.2, 0.25) is 0 Å². The fourth-order valence-electron chi connectivity index (χ4n) is 1.75. The van der Waals surface area contributed by atoms with E-state index >= 15 is 0 Å². The Morgan fingerprint density at radius 1 is 1.39 bits per heavy atom. The maximum Gasteiger partial charge on any atom is 0.274 e. The Bertz CT molecular complexity index is 703. The molecule has 0 spiro atoms. The van der Waals surface area contributed by atoms with Crippen LogP contribution in [0.25, 0.3) is 21.7 Å². The Kier molecular flexibility index (Phi) is 2.58. The zero-order chi connectivity index (χ0) is 12.5. The maximum atomic E-state index is 11.3. The highest BCUT2D eigenvalue weighted by Crippen LogP contribution is 2.24. The van der Waals surface area contributed by atoms with Crippen molar-refractivity contribution < 1.29 is 10.0 Å². The summed E-state index contributed by atoms with van der Waals surface area (Å²) in [6.07, 6.45) is 0. The van der Waals surface area contributed by atoms with Crippen LogP contribution in [-0.4, -0.2) is 21.1 Å². The van der Waals surface area contributed by atoms with Crippen LogP contribution in [0.1, 0.15) is 10.4 Å². The molecular weight excluding hydrogens is 250 g/mol. The van der Waals surface area contributed by atoms with E-state index in [1.807, 2.05) is 17.5 Å². The fraction of sp³-hybridized carbons (Fsp3) is 0. The number of aromatic amines is 1. The average molecular weight is 259 g/mol. The number of hydrogen-bond acceptors (Lipinski definition) is 4. The maximum absolute atomic E-state index is 11.3. The number of aromatic nitrogens is 2. The summed E-state index contributed by atoms with van der Waals surface area (Å²) in [6.45, 7) is 0. The molecule has 90 valence electrons. The molecule has 0 aliphatic heterocycles. The lowest BCUT2D eigenvalue weighted by molar-refractivity contribution is 0.0706. The van der Waals surface area contributed by atoms with Gasteiger partial charge in [0.25, 0.3) is 5.91 Å². The number of amides is 1. The van der Waals surface area contributed by atoms with Crippen molar-refractivity contribution >= 4 is 28.3 Å². The quantitative estimate of drug-likeness (QED) is 0.488. The Morgan fingerprint density at radius 2 is 2.28 bits per heavy atom. The van der Waals surface area contributed by atoms with Crippen LogP contribution in [0.3, 0.4) is 0 Å². The van der Waals surface area contributed by atoms with Crippen molar-refractivity contribution in [3.8, 4) is 10.7 Å². The summed E-state index contributed by atoms with van der Waals surface area (Å²) in [5, 5.41) is 10.6. The molecule has 0 radical (unpaired) electrons. The minimum atomic E-state index is -0.538. The first kappa shape index (κ1) is 10.9. The molecule has 2 heterocycles. The van der Waals surface area contributed by atoms with Crippen LogP contribution in [0.15, 0.2) is 35.7 Å². The van der Waals surface area contributed by atoms with Crippen LogP contribution in [0.2, 0.25) is 0 Å². The minimum Gasteiger partial charge on any atom is -0.337 e. The summed E-state index contributed by atoms with van der Waals surface area (Å²) in [6, 6.07) is 8.95. The number of thiophene rings is 1. The number of H-pyrrole nitrogens is 1. The summed E-state index contributed by atoms with van der Waals surface area (Å²) in [5.41, 5.74) is 3.54. The molecule has 0 atom stereocenters. The van der Waals surface area contributed by atoms with Gasteiger partial charge in [-0.25, -0.2) is 10.5 Å². The molecule has 0 saturated carbocycles. The van der Waals surface area contributed by atoms with Gasteiger partial charge in [-0.05, 0) is 29.6 Å². The van der Waals surface area contributed by atoms with Crippen LogP contribution in [0, 0.1) is 0 Å². The van der Waals surface area contributed by atoms with Crippen molar-refractivity contribution in [2.75, 3.05) is 0 Å². The van der Waals surface area contributed by atoms with Crippen molar-refractivity contribution in [3.05, 3.63) is 41.3 Å². The van der Waals surface area contributed by atoms with Crippen molar-refractivity contribution in [1.82, 2.24) is 15.4 Å². The highest BCUT2D eigenvalue weighted by Gasteiger charge is 2.09. The first-order valence-corrected chi connectivity index (χ1v) is 6.14. The number of nitrogens with one attached hydrogen (secondary N) is 2. The summed E-state index contributed by atoms with van der Waals surface area (Å²) in [5.74, 6) is 0.241. The predicted molar refractivity (Wildman–Crippen MR) is 68.7 cm³/mol. The number of imidazole rings is 1. The predicted octanol–water partition coefficient (Wildman–Crippen LogP) is 2.41. The van der Waals surface area contributed by atoms with Gasteiger partial charge in [0.1, 0.15) is 5.82 Å². The minimum absolute atomic E-state index is 0.381. The lowest BCUT2D eigenvalue weighted by Crippen LogP contribution is -2.18. The molecule has 6 heteroatoms. The van der Waals surface area contributed by atoms with Crippen LogP contribution >= 0.6 is 11.3 Å². The Balaban J connectivity index is 2.10. The molecule has 0 unspecified atom stereocenters. The lowest BCUT2D eigenvalue weighted by Gasteiger charge is -1.97. The van der Waals surface area contributed by atoms with Crippen molar-refractivity contribution in [1.29, 1.82) is 0 Å². The van der Waals surface area contributed by atoms with E-state index in [2.05, 4.69) is 9.97 Å². The number of rotatable bonds is 2. The molecular formula is C12H9N3O2S. The van der Waals surface area contributed by atoms with Gasteiger partial charge in [-0.3, -0.25) is 10.0 Å². The Hall–Kier alpha value is -2.18. The van der Waals surface area contributed by atoms with Crippen LogP contribution < -0.4 is 5.48 Å². The molecule has 0 fully saturated rings. The molecule has 0 aliphatic rings. The van der Waals surface area contributed by atoms with Gasteiger partial charge in [-0.15, -0.1) is 11.3 Å². The molecule has 0 aliphatic carbocycles. The topological polar surface area (TPSA) is 78.0 Å². The van der Waals surface area contributed by atoms with E-state index in [-0.39, 0.29) is 0 Å². The summed E-state index contributed by atoms with van der Waals surface area (Å²) in [4.78, 5) is 19.9. The Morgan fingerprint density at radius 3 is 3.00 bits per heavy atom. The van der Waals surface area contributed by atoms with E-state index in [0.717, 1.165) is 21.7 Å².